The van der Waals surface area contributed by atoms with E-state index in [1.165, 1.54) is 0 Å². The van der Waals surface area contributed by atoms with Crippen LogP contribution in [0.4, 0.5) is 5.69 Å². The largest absolute Gasteiger partial charge is 0.493 e. The van der Waals surface area contributed by atoms with Gasteiger partial charge in [0.15, 0.2) is 11.5 Å². The van der Waals surface area contributed by atoms with Crippen LogP contribution in [0.3, 0.4) is 0 Å². The van der Waals surface area contributed by atoms with Crippen LogP contribution in [0.1, 0.15) is 11.3 Å². The predicted octanol–water partition coefficient (Wildman–Crippen LogP) is 2.09. The summed E-state index contributed by atoms with van der Waals surface area (Å²) in [5, 5.41) is 1.03. The van der Waals surface area contributed by atoms with Crippen LogP contribution in [0.5, 0.6) is 11.5 Å². The maximum Gasteiger partial charge on any atom is 0.162 e. The second-order valence-electron chi connectivity index (χ2n) is 4.85. The molecule has 0 spiro atoms. The number of hydrogen-bond acceptors (Lipinski definition) is 5. The Morgan fingerprint density at radius 2 is 1.75 bits per heavy atom. The van der Waals surface area contributed by atoms with E-state index in [9.17, 15) is 0 Å². The van der Waals surface area contributed by atoms with Gasteiger partial charge in [-0.3, -0.25) is 4.98 Å². The zero-order valence-electron chi connectivity index (χ0n) is 12.7. The van der Waals surface area contributed by atoms with Crippen molar-refractivity contribution in [2.45, 2.75) is 13.5 Å². The lowest BCUT2D eigenvalue weighted by Gasteiger charge is -2.21. The number of anilines is 1. The van der Waals surface area contributed by atoms with Gasteiger partial charge >= 0.3 is 0 Å². The molecule has 0 aliphatic heterocycles. The zero-order valence-corrected chi connectivity index (χ0v) is 12.7. The van der Waals surface area contributed by atoms with Crippen LogP contribution >= 0.6 is 0 Å². The van der Waals surface area contributed by atoms with Crippen LogP contribution in [-0.2, 0) is 6.54 Å². The molecule has 2 N–H and O–H groups in total. The average Bonchev–Trinajstić information content (AvgIpc) is 2.44. The summed E-state index contributed by atoms with van der Waals surface area (Å²) >= 11 is 0. The first-order chi connectivity index (χ1) is 9.53. The van der Waals surface area contributed by atoms with Crippen molar-refractivity contribution >= 4 is 16.6 Å². The first-order valence-electron chi connectivity index (χ1n) is 6.46. The van der Waals surface area contributed by atoms with Gasteiger partial charge in [-0.2, -0.15) is 0 Å². The highest BCUT2D eigenvalue weighted by atomic mass is 16.5. The highest BCUT2D eigenvalue weighted by Crippen LogP contribution is 2.37. The number of methoxy groups -OCH3 is 2. The number of rotatable bonds is 4. The molecule has 1 aromatic carbocycles. The molecular formula is C15H21N3O2. The highest BCUT2D eigenvalue weighted by molar-refractivity contribution is 5.95. The van der Waals surface area contributed by atoms with E-state index in [2.05, 4.69) is 9.88 Å². The minimum Gasteiger partial charge on any atom is -0.493 e. The van der Waals surface area contributed by atoms with Gasteiger partial charge in [-0.25, -0.2) is 0 Å². The minimum atomic E-state index is 0.414. The molecule has 1 aromatic heterocycles. The van der Waals surface area contributed by atoms with Crippen molar-refractivity contribution in [2.75, 3.05) is 33.2 Å². The normalized spacial score (nSPS) is 10.7. The molecule has 2 aromatic rings. The van der Waals surface area contributed by atoms with Gasteiger partial charge in [0.05, 0.1) is 31.1 Å². The average molecular weight is 275 g/mol. The van der Waals surface area contributed by atoms with Gasteiger partial charge < -0.3 is 20.1 Å². The van der Waals surface area contributed by atoms with Crippen LogP contribution in [0.25, 0.3) is 10.9 Å². The number of aromatic nitrogens is 1. The molecule has 0 radical (unpaired) electrons. The van der Waals surface area contributed by atoms with E-state index in [0.717, 1.165) is 27.8 Å². The Hall–Kier alpha value is -2.01. The number of benzene rings is 1. The van der Waals surface area contributed by atoms with Gasteiger partial charge in [0.2, 0.25) is 0 Å². The number of nitrogens with two attached hydrogens (primary N) is 1. The van der Waals surface area contributed by atoms with Crippen molar-refractivity contribution in [2.24, 2.45) is 5.73 Å². The summed E-state index contributed by atoms with van der Waals surface area (Å²) in [7, 11) is 7.28. The van der Waals surface area contributed by atoms with Gasteiger partial charge in [-0.15, -0.1) is 0 Å². The molecule has 0 amide bonds. The lowest BCUT2D eigenvalue weighted by Crippen LogP contribution is -2.14. The van der Waals surface area contributed by atoms with E-state index in [0.29, 0.717) is 18.0 Å². The van der Waals surface area contributed by atoms with Gasteiger partial charge in [0, 0.05) is 32.1 Å². The van der Waals surface area contributed by atoms with Crippen LogP contribution in [-0.4, -0.2) is 33.3 Å². The van der Waals surface area contributed by atoms with Crippen molar-refractivity contribution < 1.29 is 9.47 Å². The van der Waals surface area contributed by atoms with Gasteiger partial charge in [0.25, 0.3) is 0 Å². The van der Waals surface area contributed by atoms with E-state index in [-0.39, 0.29) is 0 Å². The Labute approximate surface area is 119 Å². The maximum absolute atomic E-state index is 5.80. The second kappa shape index (κ2) is 5.54. The third kappa shape index (κ3) is 2.25. The Morgan fingerprint density at radius 3 is 2.25 bits per heavy atom. The molecule has 5 nitrogen and oxygen atoms in total. The summed E-state index contributed by atoms with van der Waals surface area (Å²) in [5.74, 6) is 1.37. The molecule has 0 fully saturated rings. The first-order valence-corrected chi connectivity index (χ1v) is 6.46. The number of fused-ring (bicyclic) bond motifs is 1. The lowest BCUT2D eigenvalue weighted by molar-refractivity contribution is 0.356. The molecule has 108 valence electrons. The molecule has 0 saturated carbocycles. The maximum atomic E-state index is 5.80. The Balaban J connectivity index is 2.87. The van der Waals surface area contributed by atoms with Crippen LogP contribution in [0.2, 0.25) is 0 Å². The SMILES string of the molecule is COc1cc2nc(CN)c(C)c(N(C)C)c2cc1OC. The summed E-state index contributed by atoms with van der Waals surface area (Å²) in [4.78, 5) is 6.71. The van der Waals surface area contributed by atoms with E-state index in [1.807, 2.05) is 33.2 Å². The summed E-state index contributed by atoms with van der Waals surface area (Å²) in [6.45, 7) is 2.46. The zero-order chi connectivity index (χ0) is 14.9. The second-order valence-corrected chi connectivity index (χ2v) is 4.85. The van der Waals surface area contributed by atoms with Gasteiger partial charge in [0.1, 0.15) is 0 Å². The monoisotopic (exact) mass is 275 g/mol. The van der Waals surface area contributed by atoms with Crippen LogP contribution in [0, 0.1) is 6.92 Å². The number of pyridine rings is 1. The predicted molar refractivity (Wildman–Crippen MR) is 81.8 cm³/mol. The van der Waals surface area contributed by atoms with E-state index in [4.69, 9.17) is 15.2 Å². The molecule has 2 rings (SSSR count). The molecule has 0 aliphatic carbocycles. The van der Waals surface area contributed by atoms with Crippen molar-refractivity contribution in [1.82, 2.24) is 4.98 Å². The molecule has 0 bridgehead atoms. The minimum absolute atomic E-state index is 0.414. The molecule has 1 heterocycles. The molecule has 0 aliphatic rings. The van der Waals surface area contributed by atoms with E-state index in [1.54, 1.807) is 14.2 Å². The number of nitrogens with zero attached hydrogens (tertiary/aromatic N) is 2. The fourth-order valence-electron chi connectivity index (χ4n) is 2.49. The van der Waals surface area contributed by atoms with Gasteiger partial charge in [-0.1, -0.05) is 0 Å². The van der Waals surface area contributed by atoms with Gasteiger partial charge in [-0.05, 0) is 18.6 Å². The third-order valence-electron chi connectivity index (χ3n) is 3.44. The van der Waals surface area contributed by atoms with Crippen molar-refractivity contribution in [3.63, 3.8) is 0 Å². The summed E-state index contributed by atoms with van der Waals surface area (Å²) in [5.41, 5.74) is 9.76. The summed E-state index contributed by atoms with van der Waals surface area (Å²) < 4.78 is 10.7. The molecule has 0 saturated heterocycles. The van der Waals surface area contributed by atoms with E-state index >= 15 is 0 Å². The molecular weight excluding hydrogens is 254 g/mol. The lowest BCUT2D eigenvalue weighted by atomic mass is 10.1. The Morgan fingerprint density at radius 1 is 1.15 bits per heavy atom. The van der Waals surface area contributed by atoms with Crippen LogP contribution in [0.15, 0.2) is 12.1 Å². The highest BCUT2D eigenvalue weighted by Gasteiger charge is 2.16. The fourth-order valence-corrected chi connectivity index (χ4v) is 2.49. The summed E-state index contributed by atoms with van der Waals surface area (Å²) in [6.07, 6.45) is 0. The Bertz CT molecular complexity index is 639. The molecule has 20 heavy (non-hydrogen) atoms. The van der Waals surface area contributed by atoms with Crippen molar-refractivity contribution in [3.05, 3.63) is 23.4 Å². The Kier molecular flexibility index (Phi) is 3.99. The third-order valence-corrected chi connectivity index (χ3v) is 3.44. The fraction of sp³-hybridized carbons (Fsp3) is 0.400. The van der Waals surface area contributed by atoms with Crippen molar-refractivity contribution in [1.29, 1.82) is 0 Å². The quantitative estimate of drug-likeness (QED) is 0.925. The molecule has 0 unspecified atom stereocenters. The van der Waals surface area contributed by atoms with E-state index < -0.39 is 0 Å². The topological polar surface area (TPSA) is 60.6 Å². The van der Waals surface area contributed by atoms with Crippen LogP contribution < -0.4 is 20.1 Å². The molecule has 0 atom stereocenters. The summed E-state index contributed by atoms with van der Waals surface area (Å²) in [6, 6.07) is 3.85. The first kappa shape index (κ1) is 14.4. The molecule has 5 heteroatoms. The number of hydrogen-bond donors (Lipinski definition) is 1. The van der Waals surface area contributed by atoms with Crippen molar-refractivity contribution in [3.8, 4) is 11.5 Å². The standard InChI is InChI=1S/C15H21N3O2/c1-9-12(8-16)17-11-7-14(20-5)13(19-4)6-10(11)15(9)18(2)3/h6-7H,8,16H2,1-5H3. The smallest absolute Gasteiger partial charge is 0.162 e. The number of ether oxygens (including phenoxy) is 2.